The maximum absolute atomic E-state index is 6.86. The van der Waals surface area contributed by atoms with Crippen LogP contribution in [0.3, 0.4) is 0 Å². The number of ether oxygens (including phenoxy) is 1. The van der Waals surface area contributed by atoms with Crippen molar-refractivity contribution >= 4 is 21.8 Å². The van der Waals surface area contributed by atoms with Crippen LogP contribution in [-0.2, 0) is 11.1 Å². The Kier molecular flexibility index (Phi) is 3.87. The van der Waals surface area contributed by atoms with Gasteiger partial charge in [-0.05, 0) is 59.7 Å². The SMILES string of the molecule is c1ccc(C2(c3ccccc3)c3ccc[n+]4c3-n3c5c2cccc5c2ccc5c(c23)C42c3c(cccc3-c3cccc[n+]32)O5)cc1. The third-order valence-electron chi connectivity index (χ3n) is 11.1. The Morgan fingerprint density at radius 1 is 0.500 bits per heavy atom. The monoisotopic (exact) mass is 587 g/mol. The minimum Gasteiger partial charge on any atom is -0.456 e. The van der Waals surface area contributed by atoms with E-state index in [4.69, 9.17) is 4.74 Å². The van der Waals surface area contributed by atoms with E-state index in [9.17, 15) is 0 Å². The fourth-order valence-electron chi connectivity index (χ4n) is 9.64. The average molecular weight is 588 g/mol. The lowest BCUT2D eigenvalue weighted by atomic mass is 9.63. The van der Waals surface area contributed by atoms with Gasteiger partial charge in [-0.2, -0.15) is 9.13 Å². The van der Waals surface area contributed by atoms with Gasteiger partial charge in [-0.15, -0.1) is 4.57 Å². The van der Waals surface area contributed by atoms with Crippen LogP contribution in [0.5, 0.6) is 11.5 Å². The quantitative estimate of drug-likeness (QED) is 0.190. The highest BCUT2D eigenvalue weighted by Gasteiger charge is 2.69. The standard InChI is InChI=1S/C42H25N3O/c1-3-12-26(13-4-1)41(27-14-5-2-6-15-27)31-18-9-16-28-29-22-23-35-37-39(29)45(38(28)31)40-32(41)19-11-25-44(40)42(37)36-30(17-10-21-34(36)46-35)33-20-7-8-24-43(33)42/h1-25H/q+2. The number of pyridine rings is 2. The number of fused-ring (bicyclic) bond motifs is 3. The molecule has 7 heterocycles. The summed E-state index contributed by atoms with van der Waals surface area (Å²) in [6.07, 6.45) is 4.56. The Labute approximate surface area is 264 Å². The van der Waals surface area contributed by atoms with Gasteiger partial charge in [-0.1, -0.05) is 78.9 Å². The molecule has 12 rings (SSSR count). The molecule has 1 unspecified atom stereocenters. The van der Waals surface area contributed by atoms with Gasteiger partial charge in [0.15, 0.2) is 17.3 Å². The zero-order chi connectivity index (χ0) is 29.8. The molecular weight excluding hydrogens is 562 g/mol. The molecule has 212 valence electrons. The summed E-state index contributed by atoms with van der Waals surface area (Å²) in [5, 5.41) is 2.52. The topological polar surface area (TPSA) is 21.9 Å². The molecule has 0 bridgehead atoms. The number of hydrogen-bond acceptors (Lipinski definition) is 1. The second kappa shape index (κ2) is 7.61. The molecule has 8 aromatic rings. The lowest BCUT2D eigenvalue weighted by Crippen LogP contribution is -2.76. The van der Waals surface area contributed by atoms with Crippen molar-refractivity contribution in [3.63, 3.8) is 0 Å². The average Bonchev–Trinajstić information content (AvgIpc) is 3.62. The van der Waals surface area contributed by atoms with Gasteiger partial charge in [0.25, 0.3) is 5.82 Å². The van der Waals surface area contributed by atoms with Gasteiger partial charge in [0.2, 0.25) is 5.69 Å². The van der Waals surface area contributed by atoms with Gasteiger partial charge in [-0.25, -0.2) is 0 Å². The third-order valence-corrected chi connectivity index (χ3v) is 11.1. The maximum Gasteiger partial charge on any atom is 0.374 e. The van der Waals surface area contributed by atoms with Crippen LogP contribution in [-0.4, -0.2) is 4.57 Å². The molecule has 0 radical (unpaired) electrons. The van der Waals surface area contributed by atoms with Crippen molar-refractivity contribution in [1.82, 2.24) is 4.57 Å². The van der Waals surface area contributed by atoms with Crippen LogP contribution in [0.2, 0.25) is 0 Å². The first kappa shape index (κ1) is 23.4. The van der Waals surface area contributed by atoms with E-state index in [0.29, 0.717) is 0 Å². The molecule has 1 atom stereocenters. The fourth-order valence-corrected chi connectivity index (χ4v) is 9.64. The van der Waals surface area contributed by atoms with E-state index in [1.807, 2.05) is 0 Å². The van der Waals surface area contributed by atoms with E-state index in [2.05, 4.69) is 166 Å². The van der Waals surface area contributed by atoms with Gasteiger partial charge in [0, 0.05) is 28.5 Å². The summed E-state index contributed by atoms with van der Waals surface area (Å²) in [7, 11) is 0. The summed E-state index contributed by atoms with van der Waals surface area (Å²) >= 11 is 0. The zero-order valence-corrected chi connectivity index (χ0v) is 24.7. The van der Waals surface area contributed by atoms with Crippen molar-refractivity contribution in [3.05, 3.63) is 185 Å². The molecule has 0 amide bonds. The number of rotatable bonds is 2. The second-order valence-corrected chi connectivity index (χ2v) is 12.9. The Balaban J connectivity index is 1.41. The molecule has 4 aliphatic heterocycles. The third kappa shape index (κ3) is 2.25. The molecule has 3 aromatic heterocycles. The van der Waals surface area contributed by atoms with E-state index in [-0.39, 0.29) is 0 Å². The van der Waals surface area contributed by atoms with E-state index in [0.717, 1.165) is 11.5 Å². The molecule has 0 saturated heterocycles. The second-order valence-electron chi connectivity index (χ2n) is 12.9. The predicted octanol–water partition coefficient (Wildman–Crippen LogP) is 7.75. The summed E-state index contributed by atoms with van der Waals surface area (Å²) in [5.74, 6) is 3.02. The zero-order valence-electron chi connectivity index (χ0n) is 24.7. The predicted molar refractivity (Wildman–Crippen MR) is 177 cm³/mol. The first-order valence-corrected chi connectivity index (χ1v) is 16.0. The Morgan fingerprint density at radius 2 is 1.20 bits per heavy atom. The van der Waals surface area contributed by atoms with Crippen molar-refractivity contribution < 1.29 is 13.9 Å². The highest BCUT2D eigenvalue weighted by Crippen LogP contribution is 2.60. The fraction of sp³-hybridized carbons (Fsp3) is 0.0476. The molecule has 0 saturated carbocycles. The van der Waals surface area contributed by atoms with Gasteiger partial charge in [0.05, 0.1) is 22.7 Å². The lowest BCUT2D eigenvalue weighted by Gasteiger charge is -2.41. The minimum absolute atomic E-state index is 0.544. The van der Waals surface area contributed by atoms with Crippen LogP contribution in [0.1, 0.15) is 33.4 Å². The molecular formula is C42H25N3O+2. The number of benzene rings is 5. The molecule has 4 aliphatic rings. The van der Waals surface area contributed by atoms with Crippen LogP contribution in [0.4, 0.5) is 0 Å². The molecule has 1 spiro atoms. The lowest BCUT2D eigenvalue weighted by molar-refractivity contribution is -0.961. The molecule has 4 nitrogen and oxygen atoms in total. The molecule has 4 heteroatoms. The van der Waals surface area contributed by atoms with E-state index in [1.165, 1.54) is 72.3 Å². The molecule has 0 fully saturated rings. The van der Waals surface area contributed by atoms with Crippen LogP contribution >= 0.6 is 0 Å². The first-order chi connectivity index (χ1) is 22.8. The van der Waals surface area contributed by atoms with Crippen molar-refractivity contribution in [2.24, 2.45) is 0 Å². The molecule has 0 N–H and O–H groups in total. The van der Waals surface area contributed by atoms with Gasteiger partial charge >= 0.3 is 5.66 Å². The molecule has 5 aromatic carbocycles. The van der Waals surface area contributed by atoms with Crippen molar-refractivity contribution in [2.45, 2.75) is 11.1 Å². The van der Waals surface area contributed by atoms with Crippen molar-refractivity contribution in [2.75, 3.05) is 0 Å². The first-order valence-electron chi connectivity index (χ1n) is 16.0. The number of nitrogens with zero attached hydrogens (tertiary/aromatic N) is 3. The van der Waals surface area contributed by atoms with Crippen LogP contribution in [0, 0.1) is 0 Å². The normalized spacial score (nSPS) is 18.0. The summed E-state index contributed by atoms with van der Waals surface area (Å²) < 4.78 is 14.5. The molecule has 46 heavy (non-hydrogen) atoms. The largest absolute Gasteiger partial charge is 0.456 e. The molecule has 0 aliphatic carbocycles. The smallest absolute Gasteiger partial charge is 0.374 e. The highest BCUT2D eigenvalue weighted by atomic mass is 16.5. The van der Waals surface area contributed by atoms with Gasteiger partial charge < -0.3 is 4.74 Å². The summed E-state index contributed by atoms with van der Waals surface area (Å²) in [6, 6.07) is 51.3. The van der Waals surface area contributed by atoms with Crippen molar-refractivity contribution in [1.29, 1.82) is 0 Å². The summed E-state index contributed by atoms with van der Waals surface area (Å²) in [4.78, 5) is 0. The van der Waals surface area contributed by atoms with Gasteiger partial charge in [-0.3, -0.25) is 0 Å². The Bertz CT molecular complexity index is 2630. The van der Waals surface area contributed by atoms with E-state index in [1.54, 1.807) is 0 Å². The summed E-state index contributed by atoms with van der Waals surface area (Å²) in [5.41, 5.74) is 11.2. The van der Waals surface area contributed by atoms with Gasteiger partial charge in [0.1, 0.15) is 22.6 Å². The van der Waals surface area contributed by atoms with E-state index < -0.39 is 11.1 Å². The van der Waals surface area contributed by atoms with Crippen molar-refractivity contribution in [3.8, 4) is 28.6 Å². The number of hydrogen-bond donors (Lipinski definition) is 0. The number of aromatic nitrogens is 3. The van der Waals surface area contributed by atoms with Crippen LogP contribution in [0.25, 0.3) is 38.9 Å². The minimum atomic E-state index is -0.665. The maximum atomic E-state index is 6.86. The van der Waals surface area contributed by atoms with Crippen LogP contribution < -0.4 is 13.9 Å². The van der Waals surface area contributed by atoms with E-state index >= 15 is 0 Å². The number of para-hydroxylation sites is 1. The summed E-state index contributed by atoms with van der Waals surface area (Å²) in [6.45, 7) is 0. The van der Waals surface area contributed by atoms with Crippen LogP contribution in [0.15, 0.2) is 152 Å². The Morgan fingerprint density at radius 3 is 2.02 bits per heavy atom. The Hall–Kier alpha value is -6.00. The highest BCUT2D eigenvalue weighted by molar-refractivity contribution is 6.14.